The number of hydrogen-bond acceptors (Lipinski definition) is 0. The molecule has 1 aliphatic rings. The standard InChI is InChI=1S/C23H21N/c1-3-17(4-2)18-13-15-19(16-14-18)24-22-11-7-5-9-20(22)21-10-6-8-12-23(21)24/h3-13,15-16,18H,1,14H2,2H3/b17-4+. The van der Waals surface area contributed by atoms with Gasteiger partial charge in [-0.05, 0) is 37.1 Å². The smallest absolute Gasteiger partial charge is 0.0540 e. The summed E-state index contributed by atoms with van der Waals surface area (Å²) in [4.78, 5) is 0. The molecule has 2 aromatic carbocycles. The average molecular weight is 311 g/mol. The van der Waals surface area contributed by atoms with Crippen molar-refractivity contribution in [1.82, 2.24) is 4.57 Å². The Hall–Kier alpha value is -2.80. The second-order valence-corrected chi connectivity index (χ2v) is 6.19. The average Bonchev–Trinajstić information content (AvgIpc) is 2.98. The molecule has 0 spiro atoms. The SMILES string of the molecule is C=C/C(=C\C)C1C=CC(n2c3ccccc3c3ccccc32)=CC1. The molecule has 0 saturated heterocycles. The summed E-state index contributed by atoms with van der Waals surface area (Å²) in [6.45, 7) is 6.01. The summed E-state index contributed by atoms with van der Waals surface area (Å²) in [5, 5.41) is 2.62. The van der Waals surface area contributed by atoms with Crippen LogP contribution in [0.25, 0.3) is 27.5 Å². The first-order chi connectivity index (χ1) is 11.8. The largest absolute Gasteiger partial charge is 0.310 e. The summed E-state index contributed by atoms with van der Waals surface area (Å²) < 4.78 is 2.38. The third-order valence-electron chi connectivity index (χ3n) is 4.92. The van der Waals surface area contributed by atoms with Gasteiger partial charge in [-0.15, -0.1) is 0 Å². The zero-order chi connectivity index (χ0) is 16.5. The minimum atomic E-state index is 0.435. The molecule has 1 heterocycles. The van der Waals surface area contributed by atoms with Crippen molar-refractivity contribution in [3.05, 3.63) is 91.1 Å². The van der Waals surface area contributed by atoms with Crippen molar-refractivity contribution in [2.24, 2.45) is 5.92 Å². The van der Waals surface area contributed by atoms with Crippen molar-refractivity contribution in [2.75, 3.05) is 0 Å². The maximum absolute atomic E-state index is 3.93. The van der Waals surface area contributed by atoms with E-state index in [2.05, 4.69) is 90.9 Å². The van der Waals surface area contributed by atoms with Gasteiger partial charge in [0, 0.05) is 22.4 Å². The van der Waals surface area contributed by atoms with E-state index < -0.39 is 0 Å². The molecule has 1 atom stereocenters. The lowest BCUT2D eigenvalue weighted by molar-refractivity contribution is 0.783. The van der Waals surface area contributed by atoms with Gasteiger partial charge in [0.2, 0.25) is 0 Å². The Morgan fingerprint density at radius 2 is 1.67 bits per heavy atom. The number of nitrogens with zero attached hydrogens (tertiary/aromatic N) is 1. The number of allylic oxidation sites excluding steroid dienone is 7. The van der Waals surface area contributed by atoms with Crippen molar-refractivity contribution >= 4 is 27.5 Å². The normalized spacial score (nSPS) is 18.1. The molecule has 118 valence electrons. The summed E-state index contributed by atoms with van der Waals surface area (Å²) in [6, 6.07) is 17.3. The minimum absolute atomic E-state index is 0.435. The fourth-order valence-corrected chi connectivity index (χ4v) is 3.71. The van der Waals surface area contributed by atoms with Gasteiger partial charge in [-0.1, -0.05) is 67.3 Å². The molecule has 0 fully saturated rings. The number of hydrogen-bond donors (Lipinski definition) is 0. The van der Waals surface area contributed by atoms with Gasteiger partial charge in [0.05, 0.1) is 11.0 Å². The topological polar surface area (TPSA) is 4.93 Å². The molecule has 4 rings (SSSR count). The predicted octanol–water partition coefficient (Wildman–Crippen LogP) is 6.34. The van der Waals surface area contributed by atoms with Gasteiger partial charge in [-0.25, -0.2) is 0 Å². The van der Waals surface area contributed by atoms with Crippen LogP contribution >= 0.6 is 0 Å². The number of benzene rings is 2. The van der Waals surface area contributed by atoms with Crippen LogP contribution in [0.4, 0.5) is 0 Å². The van der Waals surface area contributed by atoms with Gasteiger partial charge in [0.25, 0.3) is 0 Å². The van der Waals surface area contributed by atoms with Gasteiger partial charge >= 0.3 is 0 Å². The second kappa shape index (κ2) is 6.01. The summed E-state index contributed by atoms with van der Waals surface area (Å²) in [5.74, 6) is 0.435. The Kier molecular flexibility index (Phi) is 3.70. The van der Waals surface area contributed by atoms with Gasteiger partial charge in [0.15, 0.2) is 0 Å². The van der Waals surface area contributed by atoms with E-state index >= 15 is 0 Å². The van der Waals surface area contributed by atoms with E-state index in [4.69, 9.17) is 0 Å². The molecule has 0 amide bonds. The monoisotopic (exact) mass is 311 g/mol. The Balaban J connectivity index is 1.86. The maximum Gasteiger partial charge on any atom is 0.0540 e. The van der Waals surface area contributed by atoms with Crippen LogP contribution < -0.4 is 0 Å². The molecule has 24 heavy (non-hydrogen) atoms. The zero-order valence-electron chi connectivity index (χ0n) is 13.9. The van der Waals surface area contributed by atoms with E-state index in [1.165, 1.54) is 33.1 Å². The second-order valence-electron chi connectivity index (χ2n) is 6.19. The third-order valence-corrected chi connectivity index (χ3v) is 4.92. The van der Waals surface area contributed by atoms with Crippen LogP contribution in [0, 0.1) is 5.92 Å². The first-order valence-corrected chi connectivity index (χ1v) is 8.49. The van der Waals surface area contributed by atoms with Crippen LogP contribution in [0.2, 0.25) is 0 Å². The van der Waals surface area contributed by atoms with Crippen molar-refractivity contribution in [3.8, 4) is 0 Å². The zero-order valence-corrected chi connectivity index (χ0v) is 13.9. The van der Waals surface area contributed by atoms with Gasteiger partial charge in [-0.2, -0.15) is 0 Å². The van der Waals surface area contributed by atoms with E-state index in [0.717, 1.165) is 6.42 Å². The summed E-state index contributed by atoms with van der Waals surface area (Å²) >= 11 is 0. The summed E-state index contributed by atoms with van der Waals surface area (Å²) in [6.07, 6.45) is 12.0. The first-order valence-electron chi connectivity index (χ1n) is 8.49. The van der Waals surface area contributed by atoms with Crippen molar-refractivity contribution in [1.29, 1.82) is 0 Å². The quantitative estimate of drug-likeness (QED) is 0.497. The highest BCUT2D eigenvalue weighted by atomic mass is 15.0. The van der Waals surface area contributed by atoms with E-state index in [-0.39, 0.29) is 0 Å². The molecule has 0 N–H and O–H groups in total. The van der Waals surface area contributed by atoms with E-state index in [1.807, 2.05) is 6.08 Å². The predicted molar refractivity (Wildman–Crippen MR) is 105 cm³/mol. The van der Waals surface area contributed by atoms with Gasteiger partial charge < -0.3 is 4.57 Å². The number of aromatic nitrogens is 1. The minimum Gasteiger partial charge on any atom is -0.310 e. The molecular formula is C23H21N. The Morgan fingerprint density at radius 3 is 2.17 bits per heavy atom. The van der Waals surface area contributed by atoms with Crippen LogP contribution in [-0.2, 0) is 0 Å². The maximum atomic E-state index is 3.93. The lowest BCUT2D eigenvalue weighted by Crippen LogP contribution is -2.05. The molecule has 0 saturated carbocycles. The highest BCUT2D eigenvalue weighted by Crippen LogP contribution is 2.34. The molecule has 0 bridgehead atoms. The third kappa shape index (κ3) is 2.25. The Morgan fingerprint density at radius 1 is 1.04 bits per heavy atom. The fourth-order valence-electron chi connectivity index (χ4n) is 3.71. The molecular weight excluding hydrogens is 290 g/mol. The highest BCUT2D eigenvalue weighted by molar-refractivity contribution is 6.10. The summed E-state index contributed by atoms with van der Waals surface area (Å²) in [5.41, 5.74) is 5.08. The number of rotatable bonds is 3. The fraction of sp³-hybridized carbons (Fsp3) is 0.130. The van der Waals surface area contributed by atoms with Crippen LogP contribution in [0.5, 0.6) is 0 Å². The highest BCUT2D eigenvalue weighted by Gasteiger charge is 2.16. The van der Waals surface area contributed by atoms with Crippen LogP contribution in [0.15, 0.2) is 91.1 Å². The Labute approximate surface area is 142 Å². The molecule has 0 aliphatic heterocycles. The van der Waals surface area contributed by atoms with Crippen LogP contribution in [0.1, 0.15) is 13.3 Å². The van der Waals surface area contributed by atoms with Gasteiger partial charge in [0.1, 0.15) is 0 Å². The Bertz CT molecular complexity index is 958. The summed E-state index contributed by atoms with van der Waals surface area (Å²) in [7, 11) is 0. The van der Waals surface area contributed by atoms with Crippen molar-refractivity contribution < 1.29 is 0 Å². The van der Waals surface area contributed by atoms with Crippen molar-refractivity contribution in [2.45, 2.75) is 13.3 Å². The molecule has 3 aromatic rings. The van der Waals surface area contributed by atoms with Gasteiger partial charge in [-0.3, -0.25) is 0 Å². The molecule has 1 heteroatoms. The van der Waals surface area contributed by atoms with E-state index in [0.29, 0.717) is 5.92 Å². The van der Waals surface area contributed by atoms with Crippen molar-refractivity contribution in [3.63, 3.8) is 0 Å². The molecule has 1 nitrogen and oxygen atoms in total. The molecule has 1 unspecified atom stereocenters. The number of para-hydroxylation sites is 2. The lowest BCUT2D eigenvalue weighted by Gasteiger charge is -2.19. The van der Waals surface area contributed by atoms with Crippen LogP contribution in [-0.4, -0.2) is 4.57 Å². The number of fused-ring (bicyclic) bond motifs is 3. The molecule has 0 radical (unpaired) electrons. The first kappa shape index (κ1) is 14.8. The lowest BCUT2D eigenvalue weighted by atomic mass is 9.91. The van der Waals surface area contributed by atoms with E-state index in [9.17, 15) is 0 Å². The van der Waals surface area contributed by atoms with E-state index in [1.54, 1.807) is 0 Å². The van der Waals surface area contributed by atoms with Crippen LogP contribution in [0.3, 0.4) is 0 Å². The molecule has 1 aliphatic carbocycles. The molecule has 1 aromatic heterocycles.